The van der Waals surface area contributed by atoms with Crippen LogP contribution >= 0.6 is 23.1 Å². The van der Waals surface area contributed by atoms with E-state index in [1.807, 2.05) is 23.5 Å². The Bertz CT molecular complexity index is 242. The van der Waals surface area contributed by atoms with Crippen molar-refractivity contribution in [2.24, 2.45) is 0 Å². The van der Waals surface area contributed by atoms with Gasteiger partial charge in [0, 0.05) is 28.9 Å². The van der Waals surface area contributed by atoms with Gasteiger partial charge in [-0.05, 0) is 19.1 Å². The van der Waals surface area contributed by atoms with Crippen LogP contribution in [0.2, 0.25) is 0 Å². The second kappa shape index (κ2) is 4.44. The number of hydrogen-bond acceptors (Lipinski definition) is 4. The van der Waals surface area contributed by atoms with E-state index in [-0.39, 0.29) is 0 Å². The smallest absolute Gasteiger partial charge is 0.0794 e. The van der Waals surface area contributed by atoms with Crippen molar-refractivity contribution in [2.75, 3.05) is 11.5 Å². The minimum atomic E-state index is 0.469. The molecule has 4 heteroatoms. The zero-order valence-corrected chi connectivity index (χ0v) is 9.33. The summed E-state index contributed by atoms with van der Waals surface area (Å²) in [6, 6.07) is 1.18. The van der Waals surface area contributed by atoms with Crippen LogP contribution in [0.4, 0.5) is 0 Å². The quantitative estimate of drug-likeness (QED) is 0.835. The Hall–Kier alpha value is -0.0600. The fourth-order valence-corrected chi connectivity index (χ4v) is 3.34. The van der Waals surface area contributed by atoms with E-state index < -0.39 is 0 Å². The average Bonchev–Trinajstić information content (AvgIpc) is 2.74. The molecule has 0 amide bonds. The number of hydrogen-bond donors (Lipinski definition) is 1. The molecule has 1 saturated heterocycles. The number of nitrogens with one attached hydrogen (secondary N) is 1. The van der Waals surface area contributed by atoms with E-state index >= 15 is 0 Å². The molecule has 0 radical (unpaired) electrons. The first-order valence-electron chi connectivity index (χ1n) is 4.58. The molecule has 1 aromatic rings. The Morgan fingerprint density at radius 3 is 3.23 bits per heavy atom. The summed E-state index contributed by atoms with van der Waals surface area (Å²) in [5, 5.41) is 3.63. The van der Waals surface area contributed by atoms with Crippen LogP contribution in [-0.4, -0.2) is 22.5 Å². The van der Waals surface area contributed by atoms with Gasteiger partial charge in [0.15, 0.2) is 0 Å². The van der Waals surface area contributed by atoms with Crippen molar-refractivity contribution in [3.05, 3.63) is 16.6 Å². The summed E-state index contributed by atoms with van der Waals surface area (Å²) < 4.78 is 0. The zero-order valence-electron chi connectivity index (χ0n) is 7.69. The van der Waals surface area contributed by atoms with Crippen LogP contribution in [0.25, 0.3) is 0 Å². The van der Waals surface area contributed by atoms with Gasteiger partial charge in [0.05, 0.1) is 5.51 Å². The van der Waals surface area contributed by atoms with Crippen molar-refractivity contribution >= 4 is 23.1 Å². The van der Waals surface area contributed by atoms with E-state index in [2.05, 4.69) is 17.2 Å². The third-order valence-corrected chi connectivity index (χ3v) is 4.41. The molecule has 1 N–H and O–H groups in total. The second-order valence-corrected chi connectivity index (χ2v) is 5.42. The van der Waals surface area contributed by atoms with Gasteiger partial charge in [-0.15, -0.1) is 11.3 Å². The molecule has 2 rings (SSSR count). The number of thiazole rings is 1. The summed E-state index contributed by atoms with van der Waals surface area (Å²) >= 11 is 3.78. The van der Waals surface area contributed by atoms with Crippen LogP contribution in [0, 0.1) is 0 Å². The predicted molar refractivity (Wildman–Crippen MR) is 59.4 cm³/mol. The molecule has 1 aliphatic heterocycles. The third-order valence-electron chi connectivity index (χ3n) is 2.29. The van der Waals surface area contributed by atoms with E-state index in [1.165, 1.54) is 22.8 Å². The lowest BCUT2D eigenvalue weighted by Gasteiger charge is -2.16. The maximum Gasteiger partial charge on any atom is 0.0794 e. The summed E-state index contributed by atoms with van der Waals surface area (Å²) in [7, 11) is 0. The van der Waals surface area contributed by atoms with Crippen LogP contribution < -0.4 is 5.32 Å². The van der Waals surface area contributed by atoms with Crippen molar-refractivity contribution < 1.29 is 0 Å². The van der Waals surface area contributed by atoms with Crippen molar-refractivity contribution in [1.29, 1.82) is 0 Å². The molecule has 0 bridgehead atoms. The molecule has 0 aliphatic carbocycles. The van der Waals surface area contributed by atoms with Crippen LogP contribution in [0.15, 0.2) is 11.7 Å². The second-order valence-electron chi connectivity index (χ2n) is 3.35. The molecule has 2 heterocycles. The molecule has 13 heavy (non-hydrogen) atoms. The molecule has 2 atom stereocenters. The first kappa shape index (κ1) is 9.49. The molecule has 0 saturated carbocycles. The van der Waals surface area contributed by atoms with Crippen LogP contribution in [-0.2, 0) is 0 Å². The molecule has 1 aliphatic rings. The Balaban J connectivity index is 1.87. The fourth-order valence-electron chi connectivity index (χ4n) is 1.54. The lowest BCUT2D eigenvalue weighted by atomic mass is 10.2. The maximum atomic E-state index is 4.09. The molecule has 1 aromatic heterocycles. The van der Waals surface area contributed by atoms with Gasteiger partial charge >= 0.3 is 0 Å². The third kappa shape index (κ3) is 2.45. The van der Waals surface area contributed by atoms with E-state index in [4.69, 9.17) is 0 Å². The molecular formula is C9H14N2S2. The maximum absolute atomic E-state index is 4.09. The summed E-state index contributed by atoms with van der Waals surface area (Å²) in [4.78, 5) is 5.44. The minimum absolute atomic E-state index is 0.469. The van der Waals surface area contributed by atoms with E-state index in [9.17, 15) is 0 Å². The monoisotopic (exact) mass is 214 g/mol. The lowest BCUT2D eigenvalue weighted by molar-refractivity contribution is 0.490. The van der Waals surface area contributed by atoms with Crippen molar-refractivity contribution in [2.45, 2.75) is 25.4 Å². The van der Waals surface area contributed by atoms with Crippen molar-refractivity contribution in [3.8, 4) is 0 Å². The van der Waals surface area contributed by atoms with Crippen LogP contribution in [0.5, 0.6) is 0 Å². The Morgan fingerprint density at radius 1 is 1.69 bits per heavy atom. The van der Waals surface area contributed by atoms with Crippen LogP contribution in [0.3, 0.4) is 0 Å². The van der Waals surface area contributed by atoms with Gasteiger partial charge in [0.25, 0.3) is 0 Å². The molecule has 0 spiro atoms. The van der Waals surface area contributed by atoms with Gasteiger partial charge in [-0.25, -0.2) is 0 Å². The average molecular weight is 214 g/mol. The number of aromatic nitrogens is 1. The highest BCUT2D eigenvalue weighted by Crippen LogP contribution is 2.22. The highest BCUT2D eigenvalue weighted by molar-refractivity contribution is 7.99. The normalized spacial score (nSPS) is 24.8. The minimum Gasteiger partial charge on any atom is -0.306 e. The van der Waals surface area contributed by atoms with Crippen molar-refractivity contribution in [1.82, 2.24) is 10.3 Å². The molecule has 1 fully saturated rings. The summed E-state index contributed by atoms with van der Waals surface area (Å²) in [6.07, 6.45) is 3.28. The molecule has 0 aromatic carbocycles. The van der Waals surface area contributed by atoms with Crippen LogP contribution in [0.1, 0.15) is 24.3 Å². The van der Waals surface area contributed by atoms with Gasteiger partial charge in [-0.2, -0.15) is 11.8 Å². The Kier molecular flexibility index (Phi) is 3.24. The highest BCUT2D eigenvalue weighted by Gasteiger charge is 2.18. The Morgan fingerprint density at radius 2 is 2.62 bits per heavy atom. The zero-order chi connectivity index (χ0) is 9.10. The number of rotatable bonds is 3. The Labute approximate surface area is 87.1 Å². The lowest BCUT2D eigenvalue weighted by Crippen LogP contribution is -2.30. The fraction of sp³-hybridized carbons (Fsp3) is 0.667. The predicted octanol–water partition coefficient (Wildman–Crippen LogP) is 2.30. The van der Waals surface area contributed by atoms with E-state index in [1.54, 1.807) is 11.3 Å². The summed E-state index contributed by atoms with van der Waals surface area (Å²) in [6.45, 7) is 2.22. The van der Waals surface area contributed by atoms with Gasteiger partial charge < -0.3 is 5.32 Å². The van der Waals surface area contributed by atoms with Gasteiger partial charge in [-0.1, -0.05) is 0 Å². The molecule has 2 unspecified atom stereocenters. The summed E-state index contributed by atoms with van der Waals surface area (Å²) in [5.74, 6) is 2.58. The molecule has 2 nitrogen and oxygen atoms in total. The largest absolute Gasteiger partial charge is 0.306 e. The van der Waals surface area contributed by atoms with E-state index in [0.29, 0.717) is 12.1 Å². The first-order chi connectivity index (χ1) is 6.36. The highest BCUT2D eigenvalue weighted by atomic mass is 32.2. The summed E-state index contributed by atoms with van der Waals surface area (Å²) in [5.41, 5.74) is 1.90. The number of thioether (sulfide) groups is 1. The molecule has 72 valence electrons. The first-order valence-corrected chi connectivity index (χ1v) is 6.62. The topological polar surface area (TPSA) is 24.9 Å². The number of nitrogens with zero attached hydrogens (tertiary/aromatic N) is 1. The standard InChI is InChI=1S/C9H14N2S2/c1-7(9-4-10-6-13-9)11-8-2-3-12-5-8/h4,6-8,11H,2-3,5H2,1H3. The van der Waals surface area contributed by atoms with Crippen molar-refractivity contribution in [3.63, 3.8) is 0 Å². The van der Waals surface area contributed by atoms with Gasteiger partial charge in [0.2, 0.25) is 0 Å². The SMILES string of the molecule is CC(NC1CCSC1)c1cncs1. The van der Waals surface area contributed by atoms with Gasteiger partial charge in [-0.3, -0.25) is 4.98 Å². The van der Waals surface area contributed by atoms with E-state index in [0.717, 1.165) is 0 Å². The van der Waals surface area contributed by atoms with Gasteiger partial charge in [0.1, 0.15) is 0 Å². The molecular weight excluding hydrogens is 200 g/mol.